The summed E-state index contributed by atoms with van der Waals surface area (Å²) in [4.78, 5) is 2.40. The van der Waals surface area contributed by atoms with E-state index in [1.165, 1.54) is 43.8 Å². The van der Waals surface area contributed by atoms with Crippen LogP contribution in [0.4, 0.5) is 17.1 Å². The van der Waals surface area contributed by atoms with Crippen molar-refractivity contribution in [2.24, 2.45) is 0 Å². The highest BCUT2D eigenvalue weighted by Gasteiger charge is 2.20. The van der Waals surface area contributed by atoms with Gasteiger partial charge in [0.05, 0.1) is 5.69 Å². The van der Waals surface area contributed by atoms with E-state index in [4.69, 9.17) is 4.42 Å². The molecular formula is C56H37NO. The van der Waals surface area contributed by atoms with Gasteiger partial charge >= 0.3 is 0 Å². The van der Waals surface area contributed by atoms with Crippen LogP contribution in [0.2, 0.25) is 0 Å². The number of rotatable bonds is 7. The minimum Gasteiger partial charge on any atom is -0.455 e. The van der Waals surface area contributed by atoms with Crippen molar-refractivity contribution >= 4 is 60.5 Å². The van der Waals surface area contributed by atoms with E-state index in [1.807, 2.05) is 12.1 Å². The SMILES string of the molecule is c1cc(-c2ccccc2-c2cccc3ccccc23)cc(N(c2ccc(-c3cccc4c3oc3ccccc34)cc2)c2ccccc2-c2ccc3ccccc3c2)c1. The molecule has 0 N–H and O–H groups in total. The van der Waals surface area contributed by atoms with Gasteiger partial charge in [0.1, 0.15) is 11.2 Å². The number of anilines is 3. The van der Waals surface area contributed by atoms with Gasteiger partial charge in [-0.1, -0.05) is 182 Å². The molecule has 0 aliphatic carbocycles. The molecule has 0 radical (unpaired) electrons. The Hall–Kier alpha value is -7.68. The van der Waals surface area contributed by atoms with Crippen LogP contribution in [0.25, 0.3) is 88.0 Å². The van der Waals surface area contributed by atoms with Crippen LogP contribution in [-0.4, -0.2) is 0 Å². The summed E-state index contributed by atoms with van der Waals surface area (Å²) in [5.74, 6) is 0. The number of fused-ring (bicyclic) bond motifs is 5. The van der Waals surface area contributed by atoms with E-state index < -0.39 is 0 Å². The van der Waals surface area contributed by atoms with Gasteiger partial charge in [-0.2, -0.15) is 0 Å². The molecule has 1 aromatic heterocycles. The Morgan fingerprint density at radius 3 is 1.76 bits per heavy atom. The Morgan fingerprint density at radius 1 is 0.293 bits per heavy atom. The van der Waals surface area contributed by atoms with Gasteiger partial charge in [0, 0.05) is 33.3 Å². The van der Waals surface area contributed by atoms with E-state index in [-0.39, 0.29) is 0 Å². The Kier molecular flexibility index (Phi) is 8.19. The lowest BCUT2D eigenvalue weighted by atomic mass is 9.91. The first-order valence-corrected chi connectivity index (χ1v) is 19.8. The van der Waals surface area contributed by atoms with Crippen molar-refractivity contribution in [2.75, 3.05) is 4.90 Å². The van der Waals surface area contributed by atoms with Crippen LogP contribution in [0.3, 0.4) is 0 Å². The highest BCUT2D eigenvalue weighted by molar-refractivity contribution is 6.09. The molecule has 0 atom stereocenters. The molecule has 0 fully saturated rings. The van der Waals surface area contributed by atoms with E-state index in [1.54, 1.807) is 0 Å². The van der Waals surface area contributed by atoms with Crippen molar-refractivity contribution in [3.8, 4) is 44.5 Å². The first-order valence-electron chi connectivity index (χ1n) is 19.8. The summed E-state index contributed by atoms with van der Waals surface area (Å²) >= 11 is 0. The fraction of sp³-hybridized carbons (Fsp3) is 0. The molecule has 0 amide bonds. The molecule has 11 aromatic rings. The van der Waals surface area contributed by atoms with E-state index in [0.717, 1.165) is 61.3 Å². The molecule has 0 aliphatic rings. The minimum absolute atomic E-state index is 0.903. The van der Waals surface area contributed by atoms with Gasteiger partial charge in [0.15, 0.2) is 0 Å². The maximum absolute atomic E-state index is 6.46. The number of para-hydroxylation sites is 3. The van der Waals surface area contributed by atoms with E-state index in [0.29, 0.717) is 0 Å². The minimum atomic E-state index is 0.903. The van der Waals surface area contributed by atoms with Gasteiger partial charge in [-0.25, -0.2) is 0 Å². The Labute approximate surface area is 337 Å². The smallest absolute Gasteiger partial charge is 0.143 e. The quantitative estimate of drug-likeness (QED) is 0.162. The standard InChI is InChI=1S/C56H37NO/c1-2-16-41-36-43(31-30-38(41)14-1)48-22-7-9-28-54(48)57(44-34-32-40(33-35-44)49-25-13-27-53-52-24-8-10-29-55(52)58-56(49)53)45-19-11-18-42(37-45)47-21-5-6-23-50(47)51-26-12-17-39-15-3-4-20-46(39)51/h1-37H. The fourth-order valence-corrected chi connectivity index (χ4v) is 8.70. The monoisotopic (exact) mass is 739 g/mol. The summed E-state index contributed by atoms with van der Waals surface area (Å²) in [5, 5.41) is 7.20. The Balaban J connectivity index is 1.08. The summed E-state index contributed by atoms with van der Waals surface area (Å²) in [7, 11) is 0. The summed E-state index contributed by atoms with van der Waals surface area (Å²) in [6.07, 6.45) is 0. The number of hydrogen-bond donors (Lipinski definition) is 0. The summed E-state index contributed by atoms with van der Waals surface area (Å²) < 4.78 is 6.46. The van der Waals surface area contributed by atoms with Gasteiger partial charge in [-0.3, -0.25) is 0 Å². The Morgan fingerprint density at radius 2 is 0.879 bits per heavy atom. The molecule has 11 rings (SSSR count). The van der Waals surface area contributed by atoms with Crippen molar-refractivity contribution in [3.05, 3.63) is 224 Å². The lowest BCUT2D eigenvalue weighted by molar-refractivity contribution is 0.670. The third kappa shape index (κ3) is 5.82. The molecule has 0 saturated heterocycles. The fourth-order valence-electron chi connectivity index (χ4n) is 8.70. The molecule has 0 unspecified atom stereocenters. The van der Waals surface area contributed by atoms with Gasteiger partial charge < -0.3 is 9.32 Å². The molecule has 2 nitrogen and oxygen atoms in total. The molecule has 0 bridgehead atoms. The number of hydrogen-bond acceptors (Lipinski definition) is 2. The molecule has 10 aromatic carbocycles. The zero-order valence-electron chi connectivity index (χ0n) is 31.7. The van der Waals surface area contributed by atoms with E-state index >= 15 is 0 Å². The second kappa shape index (κ2) is 14.1. The van der Waals surface area contributed by atoms with Crippen molar-refractivity contribution in [1.29, 1.82) is 0 Å². The van der Waals surface area contributed by atoms with Gasteiger partial charge in [0.2, 0.25) is 0 Å². The average molecular weight is 740 g/mol. The summed E-state index contributed by atoms with van der Waals surface area (Å²) in [6, 6.07) is 80.8. The van der Waals surface area contributed by atoms with E-state index in [9.17, 15) is 0 Å². The van der Waals surface area contributed by atoms with Crippen molar-refractivity contribution in [2.45, 2.75) is 0 Å². The normalized spacial score (nSPS) is 11.4. The van der Waals surface area contributed by atoms with Crippen molar-refractivity contribution in [1.82, 2.24) is 0 Å². The first kappa shape index (κ1) is 33.6. The highest BCUT2D eigenvalue weighted by atomic mass is 16.3. The van der Waals surface area contributed by atoms with Crippen LogP contribution in [0, 0.1) is 0 Å². The summed E-state index contributed by atoms with van der Waals surface area (Å²) in [6.45, 7) is 0. The van der Waals surface area contributed by atoms with Gasteiger partial charge in [-0.05, 0) is 97.4 Å². The van der Waals surface area contributed by atoms with Crippen molar-refractivity contribution in [3.63, 3.8) is 0 Å². The third-order valence-corrected chi connectivity index (χ3v) is 11.5. The summed E-state index contributed by atoms with van der Waals surface area (Å²) in [5.41, 5.74) is 14.4. The zero-order valence-corrected chi connectivity index (χ0v) is 31.7. The molecule has 58 heavy (non-hydrogen) atoms. The molecular weight excluding hydrogens is 703 g/mol. The van der Waals surface area contributed by atoms with Crippen LogP contribution in [0.1, 0.15) is 0 Å². The van der Waals surface area contributed by atoms with Crippen LogP contribution in [-0.2, 0) is 0 Å². The second-order valence-electron chi connectivity index (χ2n) is 14.9. The second-order valence-corrected chi connectivity index (χ2v) is 14.9. The highest BCUT2D eigenvalue weighted by Crippen LogP contribution is 2.45. The van der Waals surface area contributed by atoms with Crippen LogP contribution in [0.5, 0.6) is 0 Å². The van der Waals surface area contributed by atoms with Gasteiger partial charge in [-0.15, -0.1) is 0 Å². The lowest BCUT2D eigenvalue weighted by Gasteiger charge is -2.28. The largest absolute Gasteiger partial charge is 0.455 e. The lowest BCUT2D eigenvalue weighted by Crippen LogP contribution is -2.11. The number of nitrogens with zero attached hydrogens (tertiary/aromatic N) is 1. The van der Waals surface area contributed by atoms with Gasteiger partial charge in [0.25, 0.3) is 0 Å². The van der Waals surface area contributed by atoms with Crippen LogP contribution < -0.4 is 4.90 Å². The molecule has 1 heterocycles. The van der Waals surface area contributed by atoms with Crippen LogP contribution >= 0.6 is 0 Å². The van der Waals surface area contributed by atoms with E-state index in [2.05, 4.69) is 217 Å². The number of furan rings is 1. The average Bonchev–Trinajstić information content (AvgIpc) is 3.68. The third-order valence-electron chi connectivity index (χ3n) is 11.5. The molecule has 0 saturated carbocycles. The molecule has 0 aliphatic heterocycles. The molecule has 0 spiro atoms. The number of benzene rings is 10. The van der Waals surface area contributed by atoms with Crippen molar-refractivity contribution < 1.29 is 4.42 Å². The van der Waals surface area contributed by atoms with Crippen LogP contribution in [0.15, 0.2) is 229 Å². The zero-order chi connectivity index (χ0) is 38.4. The maximum atomic E-state index is 6.46. The Bertz CT molecular complexity index is 3290. The first-order chi connectivity index (χ1) is 28.8. The molecule has 2 heteroatoms. The predicted octanol–water partition coefficient (Wildman–Crippen LogP) is 16.0. The topological polar surface area (TPSA) is 16.4 Å². The molecule has 272 valence electrons. The predicted molar refractivity (Wildman–Crippen MR) is 245 cm³/mol. The maximum Gasteiger partial charge on any atom is 0.143 e.